The molecule has 1 aliphatic heterocycles. The molecular weight excluding hydrogens is 644 g/mol. The highest BCUT2D eigenvalue weighted by molar-refractivity contribution is 7.92. The lowest BCUT2D eigenvalue weighted by Gasteiger charge is -2.33. The van der Waals surface area contributed by atoms with Crippen LogP contribution in [0.1, 0.15) is 44.6 Å². The molecule has 1 fully saturated rings. The number of hydrogen-bond acceptors (Lipinski definition) is 6. The van der Waals surface area contributed by atoms with Gasteiger partial charge in [0.2, 0.25) is 11.8 Å². The monoisotopic (exact) mass is 677 g/mol. The molecular formula is C32H34Cl2FN3O6S. The molecule has 240 valence electrons. The number of sulfonamides is 1. The number of hydrogen-bond donors (Lipinski definition) is 1. The van der Waals surface area contributed by atoms with Gasteiger partial charge in [-0.25, -0.2) is 12.8 Å². The molecule has 0 spiro atoms. The topological polar surface area (TPSA) is 105 Å². The summed E-state index contributed by atoms with van der Waals surface area (Å²) >= 11 is 12.4. The van der Waals surface area contributed by atoms with Crippen LogP contribution >= 0.6 is 23.2 Å². The molecule has 0 unspecified atom stereocenters. The fourth-order valence-electron chi connectivity index (χ4n) is 5.43. The zero-order valence-electron chi connectivity index (χ0n) is 24.7. The van der Waals surface area contributed by atoms with Crippen LogP contribution in [0.3, 0.4) is 0 Å². The molecule has 0 saturated heterocycles. The van der Waals surface area contributed by atoms with Crippen molar-refractivity contribution in [2.24, 2.45) is 0 Å². The quantitative estimate of drug-likeness (QED) is 0.284. The Morgan fingerprint density at radius 2 is 1.62 bits per heavy atom. The number of carbonyl (C=O) groups is 2. The van der Waals surface area contributed by atoms with Crippen molar-refractivity contribution in [3.05, 3.63) is 82.1 Å². The molecule has 3 aromatic rings. The van der Waals surface area contributed by atoms with E-state index in [1.807, 2.05) is 0 Å². The second-order valence-corrected chi connectivity index (χ2v) is 13.8. The molecule has 45 heavy (non-hydrogen) atoms. The summed E-state index contributed by atoms with van der Waals surface area (Å²) in [6, 6.07) is 12.9. The van der Waals surface area contributed by atoms with Gasteiger partial charge in [0.05, 0.1) is 20.6 Å². The van der Waals surface area contributed by atoms with Crippen LogP contribution in [-0.2, 0) is 26.2 Å². The number of fused-ring (bicyclic) bond motifs is 1. The molecule has 2 amide bonds. The lowest BCUT2D eigenvalue weighted by atomic mass is 9.95. The smallest absolute Gasteiger partial charge is 0.264 e. The van der Waals surface area contributed by atoms with Crippen LogP contribution in [0.5, 0.6) is 11.5 Å². The molecule has 1 aliphatic carbocycles. The Labute approximate surface area is 272 Å². The van der Waals surface area contributed by atoms with Crippen molar-refractivity contribution < 1.29 is 31.9 Å². The molecule has 5 rings (SSSR count). The Kier molecular flexibility index (Phi) is 10.4. The minimum Gasteiger partial charge on any atom is -0.486 e. The highest BCUT2D eigenvalue weighted by Crippen LogP contribution is 2.34. The molecule has 1 saturated carbocycles. The predicted molar refractivity (Wildman–Crippen MR) is 170 cm³/mol. The van der Waals surface area contributed by atoms with Gasteiger partial charge < -0.3 is 19.7 Å². The zero-order chi connectivity index (χ0) is 32.1. The van der Waals surface area contributed by atoms with E-state index in [0.29, 0.717) is 22.9 Å². The van der Waals surface area contributed by atoms with Crippen molar-refractivity contribution in [1.82, 2.24) is 10.2 Å². The van der Waals surface area contributed by atoms with E-state index in [2.05, 4.69) is 5.32 Å². The first-order valence-corrected chi connectivity index (χ1v) is 16.9. The highest BCUT2D eigenvalue weighted by Gasteiger charge is 2.34. The van der Waals surface area contributed by atoms with E-state index in [9.17, 15) is 22.4 Å². The maximum Gasteiger partial charge on any atom is 0.264 e. The molecule has 0 bridgehead atoms. The first-order valence-electron chi connectivity index (χ1n) is 14.7. The largest absolute Gasteiger partial charge is 0.486 e. The van der Waals surface area contributed by atoms with Crippen LogP contribution in [0, 0.1) is 5.82 Å². The predicted octanol–water partition coefficient (Wildman–Crippen LogP) is 5.97. The van der Waals surface area contributed by atoms with Crippen LogP contribution in [0.15, 0.2) is 65.6 Å². The van der Waals surface area contributed by atoms with Gasteiger partial charge in [-0.15, -0.1) is 0 Å². The summed E-state index contributed by atoms with van der Waals surface area (Å²) in [5.41, 5.74) is 0.659. The fraction of sp³-hybridized carbons (Fsp3) is 0.375. The third-order valence-corrected chi connectivity index (χ3v) is 10.5. The fourth-order valence-corrected chi connectivity index (χ4v) is 7.18. The van der Waals surface area contributed by atoms with Gasteiger partial charge in [-0.1, -0.05) is 48.5 Å². The van der Waals surface area contributed by atoms with Crippen molar-refractivity contribution in [3.63, 3.8) is 0 Å². The Balaban J connectivity index is 1.48. The van der Waals surface area contributed by atoms with Crippen molar-refractivity contribution in [2.45, 2.75) is 62.6 Å². The van der Waals surface area contributed by atoms with Gasteiger partial charge in [-0.2, -0.15) is 0 Å². The van der Waals surface area contributed by atoms with Gasteiger partial charge >= 0.3 is 0 Å². The SMILES string of the molecule is C[C@H](C(=O)NC1CCCCC1)N(Cc1ccc(Cl)c(Cl)c1)C(=O)CN(c1ccc(F)cc1)S(=O)(=O)c1ccc2c(c1)OCCO2. The number of amides is 2. The molecule has 2 aliphatic rings. The van der Waals surface area contributed by atoms with E-state index < -0.39 is 34.3 Å². The van der Waals surface area contributed by atoms with Crippen molar-refractivity contribution in [3.8, 4) is 11.5 Å². The minimum atomic E-state index is -4.39. The maximum absolute atomic E-state index is 14.2. The minimum absolute atomic E-state index is 0.00178. The third-order valence-electron chi connectivity index (χ3n) is 7.95. The van der Waals surface area contributed by atoms with Gasteiger partial charge in [0.1, 0.15) is 31.6 Å². The number of anilines is 1. The average Bonchev–Trinajstić information content (AvgIpc) is 3.04. The van der Waals surface area contributed by atoms with E-state index in [1.165, 1.54) is 35.2 Å². The number of carbonyl (C=O) groups excluding carboxylic acids is 2. The molecule has 1 heterocycles. The highest BCUT2D eigenvalue weighted by atomic mass is 35.5. The molecule has 1 atom stereocenters. The van der Waals surface area contributed by atoms with Crippen molar-refractivity contribution >= 4 is 50.7 Å². The Hall–Kier alpha value is -3.54. The Morgan fingerprint density at radius 3 is 2.31 bits per heavy atom. The van der Waals surface area contributed by atoms with Crippen LogP contribution in [0.25, 0.3) is 0 Å². The van der Waals surface area contributed by atoms with Crippen LogP contribution in [0.2, 0.25) is 10.0 Å². The number of ether oxygens (including phenoxy) is 2. The van der Waals surface area contributed by atoms with Gasteiger partial charge in [-0.05, 0) is 73.9 Å². The molecule has 0 aromatic heterocycles. The molecule has 9 nitrogen and oxygen atoms in total. The van der Waals surface area contributed by atoms with E-state index >= 15 is 0 Å². The van der Waals surface area contributed by atoms with Gasteiger partial charge in [0.25, 0.3) is 10.0 Å². The lowest BCUT2D eigenvalue weighted by Crippen LogP contribution is -2.53. The third kappa shape index (κ3) is 7.82. The van der Waals surface area contributed by atoms with E-state index in [-0.39, 0.29) is 46.5 Å². The standard InChI is InChI=1S/C32H34Cl2FN3O6S/c1-21(32(40)36-24-5-3-2-4-6-24)37(19-22-7-13-27(33)28(34)17-22)31(39)20-38(25-10-8-23(35)9-11-25)45(41,42)26-12-14-29-30(18-26)44-16-15-43-29/h7-14,17-18,21,24H,2-6,15-16,19-20H2,1H3,(H,36,40)/t21-/m1/s1. The van der Waals surface area contributed by atoms with E-state index in [1.54, 1.807) is 25.1 Å². The van der Waals surface area contributed by atoms with Crippen molar-refractivity contribution in [2.75, 3.05) is 24.1 Å². The summed E-state index contributed by atoms with van der Waals surface area (Å²) in [7, 11) is -4.39. The zero-order valence-corrected chi connectivity index (χ0v) is 27.0. The normalized spacial score (nSPS) is 15.6. The summed E-state index contributed by atoms with van der Waals surface area (Å²) in [5.74, 6) is -0.927. The van der Waals surface area contributed by atoms with E-state index in [4.69, 9.17) is 32.7 Å². The molecule has 3 aromatic carbocycles. The first-order chi connectivity index (χ1) is 21.5. The number of nitrogens with one attached hydrogen (secondary N) is 1. The number of rotatable bonds is 10. The van der Waals surface area contributed by atoms with E-state index in [0.717, 1.165) is 48.5 Å². The first kappa shape index (κ1) is 32.8. The molecule has 13 heteroatoms. The summed E-state index contributed by atoms with van der Waals surface area (Å²) in [6.07, 6.45) is 4.84. The van der Waals surface area contributed by atoms with Gasteiger partial charge in [0.15, 0.2) is 11.5 Å². The summed E-state index contributed by atoms with van der Waals surface area (Å²) in [6.45, 7) is 1.46. The number of halogens is 3. The van der Waals surface area contributed by atoms with Crippen LogP contribution in [0.4, 0.5) is 10.1 Å². The second-order valence-electron chi connectivity index (χ2n) is 11.1. The average molecular weight is 679 g/mol. The van der Waals surface area contributed by atoms with Gasteiger partial charge in [-0.3, -0.25) is 13.9 Å². The Morgan fingerprint density at radius 1 is 0.933 bits per heavy atom. The van der Waals surface area contributed by atoms with Gasteiger partial charge in [0, 0.05) is 18.7 Å². The molecule has 1 N–H and O–H groups in total. The Bertz CT molecular complexity index is 1650. The van der Waals surface area contributed by atoms with Crippen molar-refractivity contribution in [1.29, 1.82) is 0 Å². The summed E-state index contributed by atoms with van der Waals surface area (Å²) < 4.78 is 54.2. The molecule has 0 radical (unpaired) electrons. The summed E-state index contributed by atoms with van der Waals surface area (Å²) in [4.78, 5) is 28.8. The number of benzene rings is 3. The summed E-state index contributed by atoms with van der Waals surface area (Å²) in [5, 5.41) is 3.66. The van der Waals surface area contributed by atoms with Crippen LogP contribution < -0.4 is 19.1 Å². The number of nitrogens with zero attached hydrogens (tertiary/aromatic N) is 2. The van der Waals surface area contributed by atoms with Crippen LogP contribution in [-0.4, -0.2) is 57.0 Å². The second kappa shape index (κ2) is 14.3. The maximum atomic E-state index is 14.2. The lowest BCUT2D eigenvalue weighted by molar-refractivity contribution is -0.139.